The lowest BCUT2D eigenvalue weighted by Crippen LogP contribution is -2.56. The molecule has 3 fully saturated rings. The van der Waals surface area contributed by atoms with Crippen molar-refractivity contribution in [1.29, 1.82) is 0 Å². The van der Waals surface area contributed by atoms with Crippen molar-refractivity contribution in [1.82, 2.24) is 0 Å². The Bertz CT molecular complexity index is 776. The second-order valence-electron chi connectivity index (χ2n) is 10.2. The zero-order valence-electron chi connectivity index (χ0n) is 18.1. The van der Waals surface area contributed by atoms with Crippen LogP contribution in [0.3, 0.4) is 0 Å². The number of fused-ring (bicyclic) bond motifs is 5. The van der Waals surface area contributed by atoms with Gasteiger partial charge in [0.2, 0.25) is 0 Å². The van der Waals surface area contributed by atoms with Crippen LogP contribution in [0.4, 0.5) is 0 Å². The maximum absolute atomic E-state index is 11.9. The first-order valence-electron chi connectivity index (χ1n) is 11.2. The molecule has 1 unspecified atom stereocenters. The number of esters is 1. The van der Waals surface area contributed by atoms with Gasteiger partial charge in [0, 0.05) is 11.3 Å². The van der Waals surface area contributed by atoms with Gasteiger partial charge >= 0.3 is 5.97 Å². The summed E-state index contributed by atoms with van der Waals surface area (Å²) >= 11 is 5.49. The summed E-state index contributed by atoms with van der Waals surface area (Å²) in [5, 5.41) is 11.3. The summed E-state index contributed by atoms with van der Waals surface area (Å²) in [5.74, 6) is 0.380. The summed E-state index contributed by atoms with van der Waals surface area (Å²) < 4.78 is 11.1. The molecule has 0 aromatic carbocycles. The first-order valence-corrected chi connectivity index (χ1v) is 11.7. The minimum Gasteiger partial charge on any atom is -0.449 e. The summed E-state index contributed by atoms with van der Waals surface area (Å²) in [6.45, 7) is 6.55. The van der Waals surface area contributed by atoms with Gasteiger partial charge in [-0.3, -0.25) is 9.59 Å². The molecule has 0 aliphatic heterocycles. The molecule has 0 amide bonds. The second-order valence-corrected chi connectivity index (χ2v) is 10.4. The highest BCUT2D eigenvalue weighted by molar-refractivity contribution is 6.17. The van der Waals surface area contributed by atoms with E-state index in [4.69, 9.17) is 21.1 Å². The van der Waals surface area contributed by atoms with E-state index in [0.29, 0.717) is 24.9 Å². The number of aliphatic hydroxyl groups is 1. The van der Waals surface area contributed by atoms with Crippen LogP contribution in [0.5, 0.6) is 0 Å². The molecule has 166 valence electrons. The molecule has 1 N–H and O–H groups in total. The maximum atomic E-state index is 11.9. The Morgan fingerprint density at radius 1 is 1.33 bits per heavy atom. The molecule has 30 heavy (non-hydrogen) atoms. The monoisotopic (exact) mass is 436 g/mol. The van der Waals surface area contributed by atoms with Gasteiger partial charge in [-0.15, -0.1) is 0 Å². The number of hydrogen-bond donors (Lipinski definition) is 1. The molecule has 4 aliphatic carbocycles. The Kier molecular flexibility index (Phi) is 5.93. The lowest BCUT2D eigenvalue weighted by atomic mass is 9.47. The van der Waals surface area contributed by atoms with Crippen LogP contribution in [-0.4, -0.2) is 41.7 Å². The summed E-state index contributed by atoms with van der Waals surface area (Å²) in [5.41, 5.74) is 0.829. The standard InChI is InChI=1S/C24H33ClO5/c1-14(22(28)30-13-25)12-29-20-7-6-18-17-5-4-15-10-16(26)8-9-23(15,2)21(17)19(27)11-24(18,20)3/h8-10,14,17-21,27H,4-7,11-13H2,1-3H3/t14?,17-,18-,19-,20+,21+,23-,24-/m0/s1. The molecule has 0 radical (unpaired) electrons. The zero-order valence-corrected chi connectivity index (χ0v) is 18.9. The molecular formula is C24H33ClO5. The van der Waals surface area contributed by atoms with Crippen LogP contribution in [0.2, 0.25) is 0 Å². The van der Waals surface area contributed by atoms with Gasteiger partial charge in [-0.2, -0.15) is 0 Å². The number of alkyl halides is 1. The van der Waals surface area contributed by atoms with Crippen LogP contribution in [0.25, 0.3) is 0 Å². The Morgan fingerprint density at radius 3 is 2.83 bits per heavy atom. The minimum atomic E-state index is -0.439. The topological polar surface area (TPSA) is 72.8 Å². The Hall–Kier alpha value is -1.17. The number of halogens is 1. The molecule has 4 rings (SSSR count). The number of allylic oxidation sites excluding steroid dienone is 4. The minimum absolute atomic E-state index is 0.0255. The molecule has 5 nitrogen and oxygen atoms in total. The first kappa shape index (κ1) is 22.0. The third-order valence-corrected chi connectivity index (χ3v) is 8.66. The van der Waals surface area contributed by atoms with E-state index < -0.39 is 6.10 Å². The predicted molar refractivity (Wildman–Crippen MR) is 114 cm³/mol. The van der Waals surface area contributed by atoms with Crippen LogP contribution in [0.15, 0.2) is 23.8 Å². The van der Waals surface area contributed by atoms with E-state index in [1.54, 1.807) is 19.1 Å². The smallest absolute Gasteiger partial charge is 0.312 e. The Labute approximate surface area is 183 Å². The van der Waals surface area contributed by atoms with Crippen molar-refractivity contribution in [2.24, 2.45) is 34.5 Å². The van der Waals surface area contributed by atoms with E-state index in [1.807, 2.05) is 6.08 Å². The third-order valence-electron chi connectivity index (χ3n) is 8.55. The van der Waals surface area contributed by atoms with Gasteiger partial charge < -0.3 is 14.6 Å². The SMILES string of the molecule is CC(CO[C@@H]1CC[C@H]2[C@@H]3CCC4=CC(=O)C=C[C@]4(C)[C@H]3[C@@H](O)C[C@]12C)C(=O)OCCl. The molecule has 0 aromatic rings. The molecule has 0 aromatic heterocycles. The highest BCUT2D eigenvalue weighted by Crippen LogP contribution is 2.64. The van der Waals surface area contributed by atoms with E-state index in [2.05, 4.69) is 13.8 Å². The lowest BCUT2D eigenvalue weighted by molar-refractivity contribution is -0.156. The second kappa shape index (κ2) is 8.07. The van der Waals surface area contributed by atoms with Crippen molar-refractivity contribution < 1.29 is 24.2 Å². The maximum Gasteiger partial charge on any atom is 0.312 e. The van der Waals surface area contributed by atoms with Crippen LogP contribution >= 0.6 is 11.6 Å². The number of hydrogen-bond acceptors (Lipinski definition) is 5. The van der Waals surface area contributed by atoms with E-state index >= 15 is 0 Å². The average molecular weight is 437 g/mol. The molecule has 8 atom stereocenters. The molecule has 0 saturated heterocycles. The van der Waals surface area contributed by atoms with Gasteiger partial charge in [0.15, 0.2) is 11.8 Å². The Balaban J connectivity index is 1.51. The van der Waals surface area contributed by atoms with E-state index in [1.165, 1.54) is 5.57 Å². The van der Waals surface area contributed by atoms with Gasteiger partial charge in [0.1, 0.15) is 0 Å². The van der Waals surface area contributed by atoms with E-state index in [-0.39, 0.29) is 46.6 Å². The highest BCUT2D eigenvalue weighted by atomic mass is 35.5. The number of ether oxygens (including phenoxy) is 2. The number of ketones is 1. The molecule has 0 heterocycles. The van der Waals surface area contributed by atoms with Gasteiger partial charge in [0.05, 0.1) is 24.7 Å². The average Bonchev–Trinajstić information content (AvgIpc) is 3.02. The highest BCUT2D eigenvalue weighted by Gasteiger charge is 2.61. The van der Waals surface area contributed by atoms with Crippen molar-refractivity contribution in [3.8, 4) is 0 Å². The summed E-state index contributed by atoms with van der Waals surface area (Å²) in [6, 6.07) is -0.142. The summed E-state index contributed by atoms with van der Waals surface area (Å²) in [4.78, 5) is 23.8. The quantitative estimate of drug-likeness (QED) is 0.520. The zero-order chi connectivity index (χ0) is 21.7. The van der Waals surface area contributed by atoms with Gasteiger partial charge in [-0.25, -0.2) is 0 Å². The van der Waals surface area contributed by atoms with Gasteiger partial charge in [-0.05, 0) is 68.4 Å². The van der Waals surface area contributed by atoms with E-state index in [9.17, 15) is 14.7 Å². The van der Waals surface area contributed by atoms with Crippen molar-refractivity contribution in [3.63, 3.8) is 0 Å². The van der Waals surface area contributed by atoms with Crippen molar-refractivity contribution in [2.75, 3.05) is 12.7 Å². The molecular weight excluding hydrogens is 404 g/mol. The number of carbonyl (C=O) groups is 2. The van der Waals surface area contributed by atoms with Crippen LogP contribution in [0.1, 0.15) is 52.9 Å². The van der Waals surface area contributed by atoms with Crippen LogP contribution in [0, 0.1) is 34.5 Å². The van der Waals surface area contributed by atoms with Crippen LogP contribution in [-0.2, 0) is 19.1 Å². The first-order chi connectivity index (χ1) is 14.2. The number of aliphatic hydroxyl groups excluding tert-OH is 1. The molecule has 4 aliphatic rings. The van der Waals surface area contributed by atoms with Crippen molar-refractivity contribution in [3.05, 3.63) is 23.8 Å². The summed E-state index contributed by atoms with van der Waals surface area (Å²) in [7, 11) is 0. The molecule has 6 heteroatoms. The Morgan fingerprint density at radius 2 is 2.10 bits per heavy atom. The normalized spacial score (nSPS) is 43.3. The molecule has 0 spiro atoms. The fraction of sp³-hybridized carbons (Fsp3) is 0.750. The van der Waals surface area contributed by atoms with Crippen LogP contribution < -0.4 is 0 Å². The predicted octanol–water partition coefficient (Wildman–Crippen LogP) is 4.03. The third kappa shape index (κ3) is 3.47. The van der Waals surface area contributed by atoms with Crippen molar-refractivity contribution in [2.45, 2.75) is 65.1 Å². The number of carbonyl (C=O) groups excluding carboxylic acids is 2. The largest absolute Gasteiger partial charge is 0.449 e. The fourth-order valence-electron chi connectivity index (χ4n) is 7.08. The van der Waals surface area contributed by atoms with Gasteiger partial charge in [0.25, 0.3) is 0 Å². The summed E-state index contributed by atoms with van der Waals surface area (Å²) in [6.07, 6.45) is 9.73. The fourth-order valence-corrected chi connectivity index (χ4v) is 7.19. The van der Waals surface area contributed by atoms with Crippen molar-refractivity contribution >= 4 is 23.4 Å². The van der Waals surface area contributed by atoms with E-state index in [0.717, 1.165) is 25.7 Å². The molecule has 0 bridgehead atoms. The van der Waals surface area contributed by atoms with Gasteiger partial charge in [-0.1, -0.05) is 37.1 Å². The lowest BCUT2D eigenvalue weighted by Gasteiger charge is -2.58. The molecule has 3 saturated carbocycles. The number of rotatable bonds is 5.